The van der Waals surface area contributed by atoms with Crippen molar-refractivity contribution < 1.29 is 13.4 Å². The molecular formula is C30H30FN2O+. The lowest BCUT2D eigenvalue weighted by molar-refractivity contribution is -0.660. The molecule has 6 rings (SSSR count). The monoisotopic (exact) mass is 453 g/mol. The molecule has 172 valence electrons. The van der Waals surface area contributed by atoms with Gasteiger partial charge in [0.15, 0.2) is 6.20 Å². The zero-order valence-corrected chi connectivity index (χ0v) is 20.1. The van der Waals surface area contributed by atoms with Crippen molar-refractivity contribution in [3.05, 3.63) is 77.9 Å². The molecule has 0 unspecified atom stereocenters. The van der Waals surface area contributed by atoms with Crippen LogP contribution in [0, 0.1) is 12.7 Å². The van der Waals surface area contributed by atoms with Crippen LogP contribution in [-0.2, 0) is 14.1 Å². The van der Waals surface area contributed by atoms with E-state index in [-0.39, 0.29) is 5.82 Å². The van der Waals surface area contributed by atoms with E-state index in [1.807, 2.05) is 31.4 Å². The van der Waals surface area contributed by atoms with Gasteiger partial charge in [0.25, 0.3) is 0 Å². The van der Waals surface area contributed by atoms with Crippen LogP contribution in [0.5, 0.6) is 0 Å². The zero-order chi connectivity index (χ0) is 23.4. The van der Waals surface area contributed by atoms with E-state index < -0.39 is 0 Å². The largest absolute Gasteiger partial charge is 0.454 e. The average molecular weight is 454 g/mol. The second-order valence-electron chi connectivity index (χ2n) is 9.77. The Morgan fingerprint density at radius 2 is 1.62 bits per heavy atom. The van der Waals surface area contributed by atoms with Gasteiger partial charge in [0, 0.05) is 35.6 Å². The Bertz CT molecular complexity index is 1540. The summed E-state index contributed by atoms with van der Waals surface area (Å²) in [5.74, 6) is 0.309. The fourth-order valence-corrected chi connectivity index (χ4v) is 5.90. The minimum atomic E-state index is -0.244. The van der Waals surface area contributed by atoms with Crippen molar-refractivity contribution in [1.29, 1.82) is 0 Å². The molecule has 34 heavy (non-hydrogen) atoms. The maximum Gasteiger partial charge on any atom is 0.216 e. The molecule has 0 amide bonds. The molecule has 0 radical (unpaired) electrons. The Labute approximate surface area is 199 Å². The van der Waals surface area contributed by atoms with E-state index in [4.69, 9.17) is 4.42 Å². The first-order valence-corrected chi connectivity index (χ1v) is 12.3. The lowest BCUT2D eigenvalue weighted by Gasteiger charge is -2.23. The molecule has 3 nitrogen and oxygen atoms in total. The first-order valence-electron chi connectivity index (χ1n) is 12.3. The molecule has 3 heterocycles. The van der Waals surface area contributed by atoms with Gasteiger partial charge in [-0.05, 0) is 61.6 Å². The molecule has 1 aliphatic rings. The van der Waals surface area contributed by atoms with E-state index >= 15 is 4.39 Å². The van der Waals surface area contributed by atoms with Gasteiger partial charge in [-0.15, -0.1) is 0 Å². The molecule has 0 saturated heterocycles. The summed E-state index contributed by atoms with van der Waals surface area (Å²) in [5.41, 5.74) is 7.43. The van der Waals surface area contributed by atoms with E-state index in [1.54, 1.807) is 6.07 Å². The summed E-state index contributed by atoms with van der Waals surface area (Å²) in [6.07, 6.45) is 8.34. The Hall–Kier alpha value is -3.40. The van der Waals surface area contributed by atoms with Crippen molar-refractivity contribution in [2.75, 3.05) is 0 Å². The molecule has 1 aliphatic carbocycles. The first kappa shape index (κ1) is 21.2. The highest BCUT2D eigenvalue weighted by Crippen LogP contribution is 2.43. The van der Waals surface area contributed by atoms with Gasteiger partial charge in [0.1, 0.15) is 24.0 Å². The third-order valence-electron chi connectivity index (χ3n) is 7.72. The smallest absolute Gasteiger partial charge is 0.216 e. The van der Waals surface area contributed by atoms with Crippen molar-refractivity contribution in [2.24, 2.45) is 14.1 Å². The summed E-state index contributed by atoms with van der Waals surface area (Å²) in [5, 5.41) is 1.97. The van der Waals surface area contributed by atoms with E-state index in [9.17, 15) is 0 Å². The standard InChI is InChI=1S/C30H30FN2O/c1-19-12-13-21-22-14-15-23(31)28(26-17-16-24(33(26)3)20-9-5-4-6-10-20)30(22)34-29(21)27(19)25-11-7-8-18-32(25)2/h7-8,11-18,20H,4-6,9-10H2,1-3H3/q+1. The highest BCUT2D eigenvalue weighted by atomic mass is 19.1. The van der Waals surface area contributed by atoms with Crippen LogP contribution in [-0.4, -0.2) is 4.57 Å². The number of aromatic nitrogens is 2. The number of halogens is 1. The summed E-state index contributed by atoms with van der Waals surface area (Å²) < 4.78 is 26.3. The SMILES string of the molecule is Cc1ccc2c(oc3c(-c4ccc(C5CCCCC5)n4C)c(F)ccc32)c1-c1cccc[n+]1C. The first-order chi connectivity index (χ1) is 16.5. The van der Waals surface area contributed by atoms with Gasteiger partial charge in [0.05, 0.1) is 16.8 Å². The van der Waals surface area contributed by atoms with Crippen molar-refractivity contribution in [3.63, 3.8) is 0 Å². The fourth-order valence-electron chi connectivity index (χ4n) is 5.90. The predicted octanol–water partition coefficient (Wildman–Crippen LogP) is 7.58. The molecule has 3 aromatic heterocycles. The van der Waals surface area contributed by atoms with Gasteiger partial charge >= 0.3 is 0 Å². The number of hydrogen-bond acceptors (Lipinski definition) is 1. The Balaban J connectivity index is 1.60. The maximum absolute atomic E-state index is 15.5. The van der Waals surface area contributed by atoms with Crippen LogP contribution in [0.1, 0.15) is 49.3 Å². The number of fused-ring (bicyclic) bond motifs is 3. The van der Waals surface area contributed by atoms with Crippen molar-refractivity contribution in [3.8, 4) is 22.5 Å². The van der Waals surface area contributed by atoms with Gasteiger partial charge in [0.2, 0.25) is 5.69 Å². The fraction of sp³-hybridized carbons (Fsp3) is 0.300. The second kappa shape index (κ2) is 8.12. The van der Waals surface area contributed by atoms with E-state index in [2.05, 4.69) is 53.4 Å². The number of benzene rings is 2. The van der Waals surface area contributed by atoms with Crippen LogP contribution in [0.15, 0.2) is 65.2 Å². The Morgan fingerprint density at radius 1 is 0.882 bits per heavy atom. The second-order valence-corrected chi connectivity index (χ2v) is 9.77. The molecule has 1 fully saturated rings. The highest BCUT2D eigenvalue weighted by Gasteiger charge is 2.25. The minimum Gasteiger partial charge on any atom is -0.454 e. The van der Waals surface area contributed by atoms with Crippen LogP contribution in [0.2, 0.25) is 0 Å². The summed E-state index contributed by atoms with van der Waals surface area (Å²) in [4.78, 5) is 0. The molecular weight excluding hydrogens is 423 g/mol. The molecule has 0 spiro atoms. The lowest BCUT2D eigenvalue weighted by Crippen LogP contribution is -2.30. The maximum atomic E-state index is 15.5. The van der Waals surface area contributed by atoms with E-state index in [0.717, 1.165) is 38.9 Å². The lowest BCUT2D eigenvalue weighted by atomic mass is 9.87. The molecule has 2 aromatic carbocycles. The van der Waals surface area contributed by atoms with Gasteiger partial charge in [-0.3, -0.25) is 0 Å². The normalized spacial score (nSPS) is 14.9. The topological polar surface area (TPSA) is 21.9 Å². The van der Waals surface area contributed by atoms with Gasteiger partial charge in [-0.1, -0.05) is 31.4 Å². The summed E-state index contributed by atoms with van der Waals surface area (Å²) in [6.45, 7) is 2.10. The van der Waals surface area contributed by atoms with E-state index in [0.29, 0.717) is 17.1 Å². The number of aryl methyl sites for hydroxylation is 2. The summed E-state index contributed by atoms with van der Waals surface area (Å²) in [7, 11) is 4.11. The van der Waals surface area contributed by atoms with Crippen LogP contribution >= 0.6 is 0 Å². The van der Waals surface area contributed by atoms with Crippen molar-refractivity contribution >= 4 is 21.9 Å². The van der Waals surface area contributed by atoms with E-state index in [1.165, 1.54) is 37.8 Å². The third kappa shape index (κ3) is 3.19. The molecule has 0 atom stereocenters. The van der Waals surface area contributed by atoms with Crippen LogP contribution in [0.25, 0.3) is 44.5 Å². The molecule has 1 saturated carbocycles. The average Bonchev–Trinajstić information content (AvgIpc) is 3.41. The number of rotatable bonds is 3. The number of furan rings is 1. The van der Waals surface area contributed by atoms with Crippen LogP contribution in [0.4, 0.5) is 4.39 Å². The quantitative estimate of drug-likeness (QED) is 0.258. The molecule has 0 bridgehead atoms. The highest BCUT2D eigenvalue weighted by molar-refractivity contribution is 6.13. The molecule has 0 N–H and O–H groups in total. The van der Waals surface area contributed by atoms with Gasteiger partial charge in [-0.25, -0.2) is 8.96 Å². The molecule has 4 heteroatoms. The number of pyridine rings is 1. The Kier molecular flexibility index (Phi) is 5.05. The van der Waals surface area contributed by atoms with Gasteiger partial charge in [-0.2, -0.15) is 0 Å². The zero-order valence-electron chi connectivity index (χ0n) is 20.1. The van der Waals surface area contributed by atoms with Crippen molar-refractivity contribution in [2.45, 2.75) is 44.9 Å². The van der Waals surface area contributed by atoms with Crippen molar-refractivity contribution in [1.82, 2.24) is 4.57 Å². The van der Waals surface area contributed by atoms with Gasteiger partial charge < -0.3 is 8.98 Å². The van der Waals surface area contributed by atoms with Crippen LogP contribution in [0.3, 0.4) is 0 Å². The molecule has 5 aromatic rings. The number of hydrogen-bond donors (Lipinski definition) is 0. The van der Waals surface area contributed by atoms with Crippen LogP contribution < -0.4 is 4.57 Å². The summed E-state index contributed by atoms with van der Waals surface area (Å²) in [6, 6.07) is 18.1. The Morgan fingerprint density at radius 3 is 2.38 bits per heavy atom. The predicted molar refractivity (Wildman–Crippen MR) is 135 cm³/mol. The molecule has 0 aliphatic heterocycles. The summed E-state index contributed by atoms with van der Waals surface area (Å²) >= 11 is 0. The number of nitrogens with zero attached hydrogens (tertiary/aromatic N) is 2. The third-order valence-corrected chi connectivity index (χ3v) is 7.72. The minimum absolute atomic E-state index is 0.244.